The van der Waals surface area contributed by atoms with Crippen LogP contribution in [0.3, 0.4) is 0 Å². The van der Waals surface area contributed by atoms with E-state index in [0.29, 0.717) is 25.7 Å². The van der Waals surface area contributed by atoms with Gasteiger partial charge in [0.2, 0.25) is 0 Å². The van der Waals surface area contributed by atoms with E-state index in [0.717, 1.165) is 25.7 Å². The van der Waals surface area contributed by atoms with Gasteiger partial charge in [-0.2, -0.15) is 0 Å². The highest BCUT2D eigenvalue weighted by atomic mass is 16.3. The molecular weight excluding hydrogens is 412 g/mol. The highest BCUT2D eigenvalue weighted by Gasteiger charge is 2.29. The molecule has 0 amide bonds. The quantitative estimate of drug-likeness (QED) is 0.632. The van der Waals surface area contributed by atoms with E-state index in [1.165, 1.54) is 21.3 Å². The first-order chi connectivity index (χ1) is 15.4. The molecule has 2 saturated carbocycles. The highest BCUT2D eigenvalue weighted by molar-refractivity contribution is 5.97. The molecule has 0 saturated heterocycles. The number of aliphatic hydroxyl groups is 2. The molecule has 0 aliphatic heterocycles. The zero-order valence-corrected chi connectivity index (χ0v) is 18.0. The molecule has 2 aliphatic rings. The highest BCUT2D eigenvalue weighted by Crippen LogP contribution is 2.32. The van der Waals surface area contributed by atoms with Crippen LogP contribution in [-0.4, -0.2) is 32.6 Å². The molecular formula is C24H28N2O6. The molecule has 2 N–H and O–H groups in total. The molecule has 5 rings (SSSR count). The second-order valence-corrected chi connectivity index (χ2v) is 9.62. The summed E-state index contributed by atoms with van der Waals surface area (Å²) < 4.78 is 2.58. The number of benzene rings is 1. The Kier molecular flexibility index (Phi) is 5.37. The van der Waals surface area contributed by atoms with Crippen LogP contribution in [0.15, 0.2) is 31.3 Å². The monoisotopic (exact) mass is 440 g/mol. The van der Waals surface area contributed by atoms with Gasteiger partial charge in [-0.05, 0) is 75.3 Å². The summed E-state index contributed by atoms with van der Waals surface area (Å²) in [6.45, 7) is 0.230. The molecule has 0 spiro atoms. The van der Waals surface area contributed by atoms with Crippen molar-refractivity contribution in [1.29, 1.82) is 0 Å². The second kappa shape index (κ2) is 8.08. The number of aliphatic hydroxyl groups excluding tert-OH is 2. The minimum atomic E-state index is -0.401. The van der Waals surface area contributed by atoms with Crippen molar-refractivity contribution in [3.8, 4) is 0 Å². The Morgan fingerprint density at radius 1 is 0.562 bits per heavy atom. The van der Waals surface area contributed by atoms with Crippen molar-refractivity contribution in [2.45, 2.75) is 63.5 Å². The minimum Gasteiger partial charge on any atom is -0.396 e. The number of nitrogens with zero attached hydrogens (tertiary/aromatic N) is 2. The summed E-state index contributed by atoms with van der Waals surface area (Å²) in [5.74, 6) is 0.415. The number of aromatic nitrogens is 2. The predicted octanol–water partition coefficient (Wildman–Crippen LogP) is 1.36. The molecule has 1 aromatic carbocycles. The molecule has 2 aromatic heterocycles. The molecule has 2 fully saturated rings. The van der Waals surface area contributed by atoms with Crippen LogP contribution in [0.5, 0.6) is 0 Å². The lowest BCUT2D eigenvalue weighted by atomic mass is 9.86. The van der Waals surface area contributed by atoms with Crippen LogP contribution in [0, 0.1) is 11.8 Å². The van der Waals surface area contributed by atoms with Gasteiger partial charge in [-0.3, -0.25) is 28.3 Å². The van der Waals surface area contributed by atoms with Crippen molar-refractivity contribution in [3.05, 3.63) is 53.5 Å². The molecule has 8 nitrogen and oxygen atoms in total. The van der Waals surface area contributed by atoms with Crippen molar-refractivity contribution in [3.63, 3.8) is 0 Å². The van der Waals surface area contributed by atoms with Crippen LogP contribution >= 0.6 is 0 Å². The predicted molar refractivity (Wildman–Crippen MR) is 121 cm³/mol. The maximum Gasteiger partial charge on any atom is 0.261 e. The van der Waals surface area contributed by atoms with Gasteiger partial charge >= 0.3 is 0 Å². The molecule has 0 atom stereocenters. The number of rotatable bonds is 4. The summed E-state index contributed by atoms with van der Waals surface area (Å²) >= 11 is 0. The fraction of sp³-hybridized carbons (Fsp3) is 0.583. The summed E-state index contributed by atoms with van der Waals surface area (Å²) in [5.41, 5.74) is -1.60. The average Bonchev–Trinajstić information content (AvgIpc) is 3.22. The molecule has 3 aromatic rings. The molecule has 2 heterocycles. The molecule has 32 heavy (non-hydrogen) atoms. The number of hydrogen-bond acceptors (Lipinski definition) is 6. The van der Waals surface area contributed by atoms with E-state index < -0.39 is 22.2 Å². The van der Waals surface area contributed by atoms with Crippen molar-refractivity contribution in [1.82, 2.24) is 9.13 Å². The molecule has 0 unspecified atom stereocenters. The van der Waals surface area contributed by atoms with Gasteiger partial charge in [-0.15, -0.1) is 0 Å². The van der Waals surface area contributed by atoms with Gasteiger partial charge in [0.25, 0.3) is 22.2 Å². The number of fused-ring (bicyclic) bond motifs is 2. The molecule has 8 heteroatoms. The van der Waals surface area contributed by atoms with Crippen molar-refractivity contribution >= 4 is 21.5 Å². The maximum atomic E-state index is 13.1. The van der Waals surface area contributed by atoms with Crippen LogP contribution in [0.4, 0.5) is 0 Å². The third-order valence-electron chi connectivity index (χ3n) is 7.83. The summed E-state index contributed by atoms with van der Waals surface area (Å²) in [5, 5.41) is 19.5. The lowest BCUT2D eigenvalue weighted by Crippen LogP contribution is -2.33. The fourth-order valence-electron chi connectivity index (χ4n) is 5.85. The largest absolute Gasteiger partial charge is 0.396 e. The Morgan fingerprint density at radius 3 is 1.09 bits per heavy atom. The second-order valence-electron chi connectivity index (χ2n) is 9.62. The van der Waals surface area contributed by atoms with E-state index in [4.69, 9.17) is 0 Å². The first kappa shape index (κ1) is 21.3. The summed E-state index contributed by atoms with van der Waals surface area (Å²) in [7, 11) is 0. The minimum absolute atomic E-state index is 0.115. The first-order valence-corrected chi connectivity index (χ1v) is 11.6. The van der Waals surface area contributed by atoms with E-state index in [1.807, 2.05) is 0 Å². The smallest absolute Gasteiger partial charge is 0.261 e. The summed E-state index contributed by atoms with van der Waals surface area (Å²) in [6.07, 6.45) is 5.64. The van der Waals surface area contributed by atoms with Crippen molar-refractivity contribution in [2.75, 3.05) is 13.2 Å². The van der Waals surface area contributed by atoms with Gasteiger partial charge in [0.05, 0.1) is 21.5 Å². The lowest BCUT2D eigenvalue weighted by Gasteiger charge is -2.27. The molecule has 0 radical (unpaired) electrons. The van der Waals surface area contributed by atoms with E-state index in [9.17, 15) is 29.4 Å². The zero-order valence-electron chi connectivity index (χ0n) is 18.0. The van der Waals surface area contributed by atoms with Gasteiger partial charge in [-0.1, -0.05) is 0 Å². The standard InChI is InChI=1S/C24H28N2O6/c27-11-13-1-5-15(6-2-13)25-21(29)17-9-19-20(10-18(17)22(25)30)24(32)26(23(19)31)16-7-3-14(12-28)4-8-16/h9-10,13-16,27-28H,1-8,11-12H2. The first-order valence-electron chi connectivity index (χ1n) is 11.6. The lowest BCUT2D eigenvalue weighted by molar-refractivity contribution is 0.167. The van der Waals surface area contributed by atoms with E-state index in [1.54, 1.807) is 0 Å². The Labute approximate surface area is 183 Å². The zero-order chi connectivity index (χ0) is 22.6. The van der Waals surface area contributed by atoms with E-state index in [2.05, 4.69) is 0 Å². The number of hydrogen-bond donors (Lipinski definition) is 2. The SMILES string of the molecule is O=c1c2cc3c(=O)n(C4CCC(CO)CC4)c(=O)c3cc2c(=O)n1C1CCC(CO)CC1. The van der Waals surface area contributed by atoms with Gasteiger partial charge in [0, 0.05) is 25.3 Å². The van der Waals surface area contributed by atoms with Gasteiger partial charge in [0.15, 0.2) is 0 Å². The van der Waals surface area contributed by atoms with Crippen LogP contribution in [0.1, 0.15) is 63.5 Å². The van der Waals surface area contributed by atoms with Crippen molar-refractivity contribution < 1.29 is 10.2 Å². The Hall–Kier alpha value is -2.58. The van der Waals surface area contributed by atoms with Gasteiger partial charge < -0.3 is 10.2 Å². The summed E-state index contributed by atoms with van der Waals surface area (Å²) in [6, 6.07) is 2.43. The Balaban J connectivity index is 1.59. The molecule has 2 aliphatic carbocycles. The maximum absolute atomic E-state index is 13.1. The normalized spacial score (nSPS) is 26.8. The molecule has 0 bridgehead atoms. The van der Waals surface area contributed by atoms with Crippen LogP contribution in [0.25, 0.3) is 21.5 Å². The third-order valence-corrected chi connectivity index (χ3v) is 7.83. The molecule has 170 valence electrons. The van der Waals surface area contributed by atoms with Gasteiger partial charge in [-0.25, -0.2) is 0 Å². The Morgan fingerprint density at radius 2 is 0.844 bits per heavy atom. The Bertz CT molecular complexity index is 1180. The van der Waals surface area contributed by atoms with Crippen LogP contribution in [-0.2, 0) is 0 Å². The van der Waals surface area contributed by atoms with Crippen LogP contribution < -0.4 is 22.2 Å². The third kappa shape index (κ3) is 3.19. The van der Waals surface area contributed by atoms with E-state index >= 15 is 0 Å². The van der Waals surface area contributed by atoms with Crippen LogP contribution in [0.2, 0.25) is 0 Å². The summed E-state index contributed by atoms with van der Waals surface area (Å²) in [4.78, 5) is 52.5. The average molecular weight is 440 g/mol. The van der Waals surface area contributed by atoms with Crippen molar-refractivity contribution in [2.24, 2.45) is 11.8 Å². The topological polar surface area (TPSA) is 119 Å². The van der Waals surface area contributed by atoms with Gasteiger partial charge in [0.1, 0.15) is 0 Å². The fourth-order valence-corrected chi connectivity index (χ4v) is 5.85. The van der Waals surface area contributed by atoms with E-state index in [-0.39, 0.29) is 58.7 Å².